The Morgan fingerprint density at radius 2 is 1.95 bits per heavy atom. The van der Waals surface area contributed by atoms with Crippen molar-refractivity contribution in [2.75, 3.05) is 23.9 Å². The molecule has 2 rings (SSSR count). The third-order valence-electron chi connectivity index (χ3n) is 2.78. The number of aromatic nitrogens is 2. The van der Waals surface area contributed by atoms with Gasteiger partial charge in [0.05, 0.1) is 5.69 Å². The number of nitrogen functional groups attached to an aromatic ring is 1. The van der Waals surface area contributed by atoms with E-state index < -0.39 is 11.2 Å². The molecule has 0 bridgehead atoms. The first-order valence-electron chi connectivity index (χ1n) is 6.42. The van der Waals surface area contributed by atoms with Crippen molar-refractivity contribution in [2.45, 2.75) is 18.2 Å². The highest BCUT2D eigenvalue weighted by molar-refractivity contribution is 7.90. The van der Waals surface area contributed by atoms with Crippen molar-refractivity contribution in [1.29, 1.82) is 0 Å². The van der Waals surface area contributed by atoms with Gasteiger partial charge in [0.1, 0.15) is 12.1 Å². The average molecular weight is 290 g/mol. The minimum atomic E-state index is -0.976. The molecule has 1 atom stereocenters. The molecular weight excluding hydrogens is 272 g/mol. The summed E-state index contributed by atoms with van der Waals surface area (Å²) in [6.07, 6.45) is 2.67. The van der Waals surface area contributed by atoms with Gasteiger partial charge in [0.25, 0.3) is 0 Å². The molecule has 3 N–H and O–H groups in total. The third-order valence-corrected chi connectivity index (χ3v) is 3.72. The molecule has 0 aliphatic rings. The van der Waals surface area contributed by atoms with E-state index in [-0.39, 0.29) is 5.95 Å². The van der Waals surface area contributed by atoms with E-state index in [1.165, 1.54) is 0 Å². The van der Waals surface area contributed by atoms with E-state index in [4.69, 9.17) is 5.73 Å². The van der Waals surface area contributed by atoms with Gasteiger partial charge in [-0.25, -0.2) is 4.98 Å². The summed E-state index contributed by atoms with van der Waals surface area (Å²) in [6, 6.07) is 9.32. The van der Waals surface area contributed by atoms with Crippen LogP contribution < -0.4 is 11.1 Å². The van der Waals surface area contributed by atoms with Crippen molar-refractivity contribution >= 4 is 22.9 Å². The molecule has 0 radical (unpaired) electrons. The smallest absolute Gasteiger partial charge is 0.222 e. The van der Waals surface area contributed by atoms with Crippen LogP contribution in [-0.2, 0) is 11.2 Å². The molecule has 1 aromatic carbocycles. The zero-order valence-corrected chi connectivity index (χ0v) is 12.4. The van der Waals surface area contributed by atoms with Gasteiger partial charge in [0, 0.05) is 18.2 Å². The van der Waals surface area contributed by atoms with Crippen molar-refractivity contribution in [3.8, 4) is 11.3 Å². The fourth-order valence-electron chi connectivity index (χ4n) is 1.77. The van der Waals surface area contributed by atoms with Gasteiger partial charge in [-0.2, -0.15) is 4.98 Å². The summed E-state index contributed by atoms with van der Waals surface area (Å²) in [5, 5.41) is 3.20. The SMILES string of the molecule is CCCNc1cc(-c2ccc([S+](C)[O-])cc2)nc(N)n1. The second-order valence-electron chi connectivity index (χ2n) is 4.40. The summed E-state index contributed by atoms with van der Waals surface area (Å²) in [5.74, 6) is 0.960. The fraction of sp³-hybridized carbons (Fsp3) is 0.286. The number of benzene rings is 1. The molecule has 106 valence electrons. The van der Waals surface area contributed by atoms with Gasteiger partial charge in [0.15, 0.2) is 4.90 Å². The zero-order valence-electron chi connectivity index (χ0n) is 11.6. The predicted octanol–water partition coefficient (Wildman–Crippen LogP) is 2.29. The number of hydrogen-bond acceptors (Lipinski definition) is 5. The Hall–Kier alpha value is -1.79. The Bertz CT molecular complexity index is 572. The van der Waals surface area contributed by atoms with Crippen LogP contribution in [-0.4, -0.2) is 27.3 Å². The lowest BCUT2D eigenvalue weighted by Crippen LogP contribution is -2.05. The molecule has 20 heavy (non-hydrogen) atoms. The van der Waals surface area contributed by atoms with Crippen LogP contribution in [0.1, 0.15) is 13.3 Å². The second-order valence-corrected chi connectivity index (χ2v) is 5.78. The number of rotatable bonds is 5. The number of nitrogens with two attached hydrogens (primary N) is 1. The summed E-state index contributed by atoms with van der Waals surface area (Å²) < 4.78 is 11.4. The Labute approximate surface area is 121 Å². The molecule has 6 heteroatoms. The maximum Gasteiger partial charge on any atom is 0.222 e. The molecule has 0 spiro atoms. The first-order chi connectivity index (χ1) is 9.60. The fourth-order valence-corrected chi connectivity index (χ4v) is 2.29. The van der Waals surface area contributed by atoms with Crippen LogP contribution >= 0.6 is 0 Å². The van der Waals surface area contributed by atoms with E-state index in [9.17, 15) is 4.55 Å². The molecule has 0 saturated carbocycles. The lowest BCUT2D eigenvalue weighted by atomic mass is 10.1. The lowest BCUT2D eigenvalue weighted by molar-refractivity contribution is 0.601. The van der Waals surface area contributed by atoms with Gasteiger partial charge >= 0.3 is 0 Å². The Morgan fingerprint density at radius 3 is 2.55 bits per heavy atom. The van der Waals surface area contributed by atoms with Gasteiger partial charge in [-0.15, -0.1) is 0 Å². The predicted molar refractivity (Wildman–Crippen MR) is 83.0 cm³/mol. The van der Waals surface area contributed by atoms with Crippen LogP contribution in [0.3, 0.4) is 0 Å². The Balaban J connectivity index is 2.29. The van der Waals surface area contributed by atoms with Crippen LogP contribution in [0.2, 0.25) is 0 Å². The first-order valence-corrected chi connectivity index (χ1v) is 7.98. The number of hydrogen-bond donors (Lipinski definition) is 2. The molecule has 2 aromatic rings. The summed E-state index contributed by atoms with van der Waals surface area (Å²) in [4.78, 5) is 9.18. The van der Waals surface area contributed by atoms with E-state index >= 15 is 0 Å². The highest BCUT2D eigenvalue weighted by Gasteiger charge is 2.07. The molecule has 1 heterocycles. The van der Waals surface area contributed by atoms with Crippen LogP contribution in [0.4, 0.5) is 11.8 Å². The molecule has 0 aliphatic carbocycles. The van der Waals surface area contributed by atoms with Crippen molar-refractivity contribution in [1.82, 2.24) is 9.97 Å². The second kappa shape index (κ2) is 6.58. The topological polar surface area (TPSA) is 86.9 Å². The number of anilines is 2. The maximum absolute atomic E-state index is 11.4. The number of nitrogens with one attached hydrogen (secondary N) is 1. The van der Waals surface area contributed by atoms with E-state index in [1.54, 1.807) is 6.26 Å². The van der Waals surface area contributed by atoms with Crippen molar-refractivity contribution < 1.29 is 4.55 Å². The van der Waals surface area contributed by atoms with Crippen LogP contribution in [0, 0.1) is 0 Å². The minimum Gasteiger partial charge on any atom is -0.612 e. The maximum atomic E-state index is 11.4. The molecular formula is C14H18N4OS. The van der Waals surface area contributed by atoms with E-state index in [0.29, 0.717) is 0 Å². The third kappa shape index (κ3) is 3.61. The standard InChI is InChI=1S/C14H18N4OS/c1-3-8-16-13-9-12(17-14(15)18-13)10-4-6-11(7-5-10)20(2)19/h4-7,9H,3,8H2,1-2H3,(H3,15,16,17,18). The zero-order chi connectivity index (χ0) is 14.5. The van der Waals surface area contributed by atoms with Crippen LogP contribution in [0.15, 0.2) is 35.2 Å². The largest absolute Gasteiger partial charge is 0.612 e. The number of nitrogens with zero attached hydrogens (tertiary/aromatic N) is 2. The monoisotopic (exact) mass is 290 g/mol. The highest BCUT2D eigenvalue weighted by atomic mass is 32.2. The molecule has 0 fully saturated rings. The molecule has 1 aromatic heterocycles. The molecule has 0 aliphatic heterocycles. The van der Waals surface area contributed by atoms with Crippen molar-refractivity contribution in [2.24, 2.45) is 0 Å². The Morgan fingerprint density at radius 1 is 1.25 bits per heavy atom. The van der Waals surface area contributed by atoms with Crippen LogP contribution in [0.25, 0.3) is 11.3 Å². The normalized spacial score (nSPS) is 12.2. The van der Waals surface area contributed by atoms with Crippen molar-refractivity contribution in [3.63, 3.8) is 0 Å². The van der Waals surface area contributed by atoms with Crippen molar-refractivity contribution in [3.05, 3.63) is 30.3 Å². The summed E-state index contributed by atoms with van der Waals surface area (Å²) in [5.41, 5.74) is 7.41. The molecule has 1 unspecified atom stereocenters. The summed E-state index contributed by atoms with van der Waals surface area (Å²) >= 11 is -0.976. The van der Waals surface area contributed by atoms with E-state index in [0.717, 1.165) is 34.9 Å². The van der Waals surface area contributed by atoms with E-state index in [1.807, 2.05) is 30.3 Å². The minimum absolute atomic E-state index is 0.240. The van der Waals surface area contributed by atoms with Gasteiger partial charge in [-0.1, -0.05) is 6.92 Å². The molecule has 0 amide bonds. The van der Waals surface area contributed by atoms with Gasteiger partial charge in [-0.3, -0.25) is 0 Å². The average Bonchev–Trinajstić information content (AvgIpc) is 2.44. The summed E-state index contributed by atoms with van der Waals surface area (Å²) in [7, 11) is 0. The molecule has 0 saturated heterocycles. The quantitative estimate of drug-likeness (QED) is 0.825. The lowest BCUT2D eigenvalue weighted by Gasteiger charge is -2.08. The van der Waals surface area contributed by atoms with Gasteiger partial charge in [-0.05, 0) is 41.9 Å². The van der Waals surface area contributed by atoms with E-state index in [2.05, 4.69) is 22.2 Å². The Kier molecular flexibility index (Phi) is 4.81. The van der Waals surface area contributed by atoms with Gasteiger partial charge in [0.2, 0.25) is 5.95 Å². The molecule has 5 nitrogen and oxygen atoms in total. The van der Waals surface area contributed by atoms with Crippen LogP contribution in [0.5, 0.6) is 0 Å². The van der Waals surface area contributed by atoms with Gasteiger partial charge < -0.3 is 15.6 Å². The first kappa shape index (κ1) is 14.6. The highest BCUT2D eigenvalue weighted by Crippen LogP contribution is 2.22. The summed E-state index contributed by atoms with van der Waals surface area (Å²) in [6.45, 7) is 2.92.